The van der Waals surface area contributed by atoms with Crippen molar-refractivity contribution in [3.05, 3.63) is 0 Å². The van der Waals surface area contributed by atoms with E-state index >= 15 is 0 Å². The van der Waals surface area contributed by atoms with Gasteiger partial charge in [-0.25, -0.2) is 0 Å². The summed E-state index contributed by atoms with van der Waals surface area (Å²) in [4.78, 5) is 17.8. The molecule has 0 fully saturated rings. The fourth-order valence-electron chi connectivity index (χ4n) is 0. The summed E-state index contributed by atoms with van der Waals surface area (Å²) in [6.07, 6.45) is 0. The number of hydrogen-bond donors (Lipinski definition) is 0. The van der Waals surface area contributed by atoms with Gasteiger partial charge in [0.2, 0.25) is 0 Å². The van der Waals surface area contributed by atoms with E-state index in [4.69, 9.17) is 19.8 Å². The van der Waals surface area contributed by atoms with Crippen LogP contribution in [0.2, 0.25) is 0 Å². The largest absolute Gasteiger partial charge is 2.00 e. The molecule has 0 radical (unpaired) electrons. The maximum atomic E-state index is 8.89. The molecule has 4 nitrogen and oxygen atoms in total. The van der Waals surface area contributed by atoms with E-state index < -0.39 is 11.9 Å². The number of carbonyl (C=O) groups is 2. The van der Waals surface area contributed by atoms with Crippen molar-refractivity contribution in [1.29, 1.82) is 0 Å². The second-order valence-electron chi connectivity index (χ2n) is 0.983. The van der Waals surface area contributed by atoms with E-state index in [0.29, 0.717) is 0 Å². The molecule has 0 amide bonds. The summed E-state index contributed by atoms with van der Waals surface area (Å²) in [5.41, 5.74) is 0. The number of hydrogen-bond acceptors (Lipinski definition) is 4. The van der Waals surface area contributed by atoms with Crippen molar-refractivity contribution in [2.45, 2.75) is 13.8 Å². The first-order valence-corrected chi connectivity index (χ1v) is 1.82. The molecular weight excluding hydrogens is 285 g/mol. The predicted molar refractivity (Wildman–Crippen MR) is 21.4 cm³/mol. The van der Waals surface area contributed by atoms with E-state index in [1.165, 1.54) is 0 Å². The van der Waals surface area contributed by atoms with Crippen LogP contribution in [0, 0.1) is 46.9 Å². The Hall–Kier alpha value is 0.459. The number of carboxylic acids is 2. The van der Waals surface area contributed by atoms with Crippen LogP contribution in [0.5, 0.6) is 0 Å². The van der Waals surface area contributed by atoms with Crippen molar-refractivity contribution in [1.82, 2.24) is 0 Å². The Labute approximate surface area is 91.5 Å². The maximum Gasteiger partial charge on any atom is 2.00 e. The summed E-state index contributed by atoms with van der Waals surface area (Å²) < 4.78 is 0. The van der Waals surface area contributed by atoms with Gasteiger partial charge in [-0.2, -0.15) is 0 Å². The predicted octanol–water partition coefficient (Wildman–Crippen LogP) is -2.49. The molecule has 0 N–H and O–H groups in total. The van der Waals surface area contributed by atoms with Gasteiger partial charge in [-0.1, -0.05) is 0 Å². The van der Waals surface area contributed by atoms with Crippen LogP contribution in [0.1, 0.15) is 13.8 Å². The van der Waals surface area contributed by atoms with Crippen molar-refractivity contribution in [2.24, 2.45) is 0 Å². The molecule has 0 atom stereocenters. The van der Waals surface area contributed by atoms with Crippen molar-refractivity contribution >= 4 is 11.9 Å². The molecule has 0 aromatic carbocycles. The van der Waals surface area contributed by atoms with Crippen LogP contribution < -0.4 is 10.2 Å². The number of aliphatic carboxylic acids is 2. The van der Waals surface area contributed by atoms with Crippen molar-refractivity contribution in [3.63, 3.8) is 0 Å². The molecule has 0 bridgehead atoms. The molecule has 0 saturated carbocycles. The van der Waals surface area contributed by atoms with Gasteiger partial charge in [-0.3, -0.25) is 0 Å². The molecule has 0 aliphatic heterocycles. The van der Waals surface area contributed by atoms with Gasteiger partial charge in [-0.05, 0) is 13.8 Å². The molecule has 0 spiro atoms. The third-order valence-electron chi connectivity index (χ3n) is 0. The Balaban J connectivity index is -0.0000000720. The van der Waals surface area contributed by atoms with Crippen LogP contribution in [-0.4, -0.2) is 11.9 Å². The van der Waals surface area contributed by atoms with E-state index in [2.05, 4.69) is 0 Å². The Morgan fingerprint density at radius 1 is 1.00 bits per heavy atom. The number of carboxylic acid groups (broad SMARTS) is 2. The molecule has 9 heavy (non-hydrogen) atoms. The molecule has 5 heteroatoms. The van der Waals surface area contributed by atoms with Crippen LogP contribution in [0.3, 0.4) is 0 Å². The van der Waals surface area contributed by atoms with Gasteiger partial charge < -0.3 is 19.8 Å². The summed E-state index contributed by atoms with van der Waals surface area (Å²) in [5, 5.41) is 17.8. The second-order valence-corrected chi connectivity index (χ2v) is 0.983. The summed E-state index contributed by atoms with van der Waals surface area (Å²) in [7, 11) is 0. The van der Waals surface area contributed by atoms with Crippen LogP contribution in [0.4, 0.5) is 0 Å². The summed E-state index contributed by atoms with van der Waals surface area (Å²) in [5.74, 6) is -2.17. The van der Waals surface area contributed by atoms with Crippen molar-refractivity contribution in [2.75, 3.05) is 0 Å². The minimum Gasteiger partial charge on any atom is -0.550 e. The topological polar surface area (TPSA) is 80.3 Å². The van der Waals surface area contributed by atoms with Crippen LogP contribution in [0.25, 0.3) is 0 Å². The number of carbonyl (C=O) groups excluding carboxylic acids is 2. The number of rotatable bonds is 0. The summed E-state index contributed by atoms with van der Waals surface area (Å²) >= 11 is 0. The van der Waals surface area contributed by atoms with Gasteiger partial charge in [0.05, 0.1) is 0 Å². The molecule has 0 aliphatic carbocycles. The van der Waals surface area contributed by atoms with Gasteiger partial charge in [0, 0.05) is 11.9 Å². The monoisotopic (exact) mass is 292 g/mol. The smallest absolute Gasteiger partial charge is 0.550 e. The molecular formula is C4H6O4Yb. The molecule has 0 aromatic rings. The second kappa shape index (κ2) is 11.3. The SMILES string of the molecule is CC(=O)[O-].CC(=O)[O-].[Yb+2]. The molecule has 0 aromatic heterocycles. The van der Waals surface area contributed by atoms with Gasteiger partial charge >= 0.3 is 46.9 Å². The van der Waals surface area contributed by atoms with E-state index in [9.17, 15) is 0 Å². The van der Waals surface area contributed by atoms with Gasteiger partial charge in [-0.15, -0.1) is 0 Å². The quantitative estimate of drug-likeness (QED) is 0.495. The van der Waals surface area contributed by atoms with E-state index in [1.54, 1.807) is 0 Å². The minimum absolute atomic E-state index is 0. The molecule has 0 heterocycles. The van der Waals surface area contributed by atoms with Crippen LogP contribution >= 0.6 is 0 Å². The molecule has 0 saturated heterocycles. The zero-order chi connectivity index (χ0) is 7.15. The normalized spacial score (nSPS) is 5.56. The van der Waals surface area contributed by atoms with Crippen molar-refractivity contribution < 1.29 is 66.7 Å². The van der Waals surface area contributed by atoms with E-state index in [1.807, 2.05) is 0 Å². The maximum absolute atomic E-state index is 8.89. The average molecular weight is 291 g/mol. The fourth-order valence-corrected chi connectivity index (χ4v) is 0. The third-order valence-corrected chi connectivity index (χ3v) is 0. The Morgan fingerprint density at radius 2 is 1.00 bits per heavy atom. The summed E-state index contributed by atoms with van der Waals surface area (Å²) in [6.45, 7) is 1.94. The molecule has 0 unspecified atom stereocenters. The zero-order valence-corrected chi connectivity index (χ0v) is 6.62. The van der Waals surface area contributed by atoms with E-state index in [0.717, 1.165) is 13.8 Å². The fraction of sp³-hybridized carbons (Fsp3) is 0.500. The Morgan fingerprint density at radius 3 is 1.00 bits per heavy atom. The Bertz CT molecular complexity index is 70.6. The first-order valence-electron chi connectivity index (χ1n) is 1.82. The van der Waals surface area contributed by atoms with E-state index in [-0.39, 0.29) is 46.9 Å². The summed E-state index contributed by atoms with van der Waals surface area (Å²) in [6, 6.07) is 0. The van der Waals surface area contributed by atoms with Crippen molar-refractivity contribution in [3.8, 4) is 0 Å². The molecule has 0 aliphatic rings. The van der Waals surface area contributed by atoms with Gasteiger partial charge in [0.1, 0.15) is 0 Å². The molecule has 60 valence electrons. The van der Waals surface area contributed by atoms with Crippen LogP contribution in [0.15, 0.2) is 0 Å². The molecule has 0 rings (SSSR count). The standard InChI is InChI=1S/2C2H4O2.Yb/c2*1-2(3)4;/h2*1H3,(H,3,4);/q;;+2/p-2. The zero-order valence-electron chi connectivity index (χ0n) is 4.90. The average Bonchev–Trinajstić information content (AvgIpc) is 1.25. The first kappa shape index (κ1) is 16.2. The van der Waals surface area contributed by atoms with Gasteiger partial charge in [0.25, 0.3) is 0 Å². The van der Waals surface area contributed by atoms with Crippen LogP contribution in [-0.2, 0) is 9.59 Å². The third kappa shape index (κ3) is 1670. The minimum atomic E-state index is -1.08. The Kier molecular flexibility index (Phi) is 20.3. The first-order chi connectivity index (χ1) is 3.46. The van der Waals surface area contributed by atoms with Gasteiger partial charge in [0.15, 0.2) is 0 Å².